The summed E-state index contributed by atoms with van der Waals surface area (Å²) in [5.74, 6) is -0.261. The second kappa shape index (κ2) is 7.49. The minimum atomic E-state index is -0.727. The number of aryl methyl sites for hydroxylation is 1. The fraction of sp³-hybridized carbons (Fsp3) is 0.222. The summed E-state index contributed by atoms with van der Waals surface area (Å²) < 4.78 is 11.0. The minimum absolute atomic E-state index is 0.204. The molecule has 0 spiro atoms. The first-order valence-electron chi connectivity index (χ1n) is 7.91. The van der Waals surface area contributed by atoms with Crippen LogP contribution >= 0.6 is 11.3 Å². The number of para-hydroxylation sites is 1. The summed E-state index contributed by atoms with van der Waals surface area (Å²) in [6, 6.07) is 8.87. The number of benzene rings is 1. The molecular weight excluding hydrogens is 354 g/mol. The van der Waals surface area contributed by atoms with Gasteiger partial charge in [-0.15, -0.1) is 21.5 Å². The highest BCUT2D eigenvalue weighted by molar-refractivity contribution is 7.13. The van der Waals surface area contributed by atoms with Crippen molar-refractivity contribution in [3.8, 4) is 10.8 Å². The molecule has 0 aliphatic rings. The zero-order chi connectivity index (χ0) is 18.7. The molecule has 3 aromatic rings. The van der Waals surface area contributed by atoms with Gasteiger partial charge in [-0.05, 0) is 36.9 Å². The number of amides is 1. The van der Waals surface area contributed by atoms with Gasteiger partial charge in [0.25, 0.3) is 11.8 Å². The van der Waals surface area contributed by atoms with E-state index >= 15 is 0 Å². The van der Waals surface area contributed by atoms with Gasteiger partial charge in [0.15, 0.2) is 6.10 Å². The van der Waals surface area contributed by atoms with E-state index in [0.29, 0.717) is 11.6 Å². The number of nitrogens with one attached hydrogen (secondary N) is 1. The average Bonchev–Trinajstić information content (AvgIpc) is 3.27. The number of aromatic nitrogens is 2. The summed E-state index contributed by atoms with van der Waals surface area (Å²) in [5, 5.41) is 12.5. The van der Waals surface area contributed by atoms with Crippen molar-refractivity contribution in [2.45, 2.75) is 26.9 Å². The van der Waals surface area contributed by atoms with Crippen molar-refractivity contribution < 1.29 is 18.7 Å². The Morgan fingerprint density at radius 2 is 2.04 bits per heavy atom. The molecule has 0 bridgehead atoms. The van der Waals surface area contributed by atoms with Gasteiger partial charge >= 0.3 is 5.97 Å². The van der Waals surface area contributed by atoms with E-state index in [1.165, 1.54) is 18.3 Å². The number of thiophene rings is 1. The number of anilines is 1. The van der Waals surface area contributed by atoms with E-state index in [1.54, 1.807) is 32.0 Å². The average molecular weight is 371 g/mol. The van der Waals surface area contributed by atoms with Gasteiger partial charge in [0, 0.05) is 6.92 Å². The lowest BCUT2D eigenvalue weighted by Crippen LogP contribution is -2.15. The molecule has 1 unspecified atom stereocenters. The Balaban J connectivity index is 1.78. The van der Waals surface area contributed by atoms with E-state index in [-0.39, 0.29) is 17.4 Å². The second-order valence-electron chi connectivity index (χ2n) is 5.65. The van der Waals surface area contributed by atoms with E-state index in [1.807, 2.05) is 17.5 Å². The van der Waals surface area contributed by atoms with Crippen molar-refractivity contribution in [1.29, 1.82) is 0 Å². The molecule has 0 fully saturated rings. The molecule has 1 atom stereocenters. The van der Waals surface area contributed by atoms with E-state index in [0.717, 1.165) is 10.4 Å². The molecule has 0 radical (unpaired) electrons. The van der Waals surface area contributed by atoms with E-state index in [2.05, 4.69) is 15.5 Å². The van der Waals surface area contributed by atoms with Crippen molar-refractivity contribution in [2.24, 2.45) is 0 Å². The molecule has 1 aromatic carbocycles. The van der Waals surface area contributed by atoms with Crippen LogP contribution in [0.2, 0.25) is 0 Å². The molecule has 0 aliphatic heterocycles. The van der Waals surface area contributed by atoms with Gasteiger partial charge in [-0.3, -0.25) is 4.79 Å². The molecule has 1 N–H and O–H groups in total. The number of hydrogen-bond acceptors (Lipinski definition) is 7. The molecular formula is C18H17N3O4S. The lowest BCUT2D eigenvalue weighted by atomic mass is 10.1. The second-order valence-corrected chi connectivity index (χ2v) is 6.60. The van der Waals surface area contributed by atoms with Crippen molar-refractivity contribution >= 4 is 28.9 Å². The quantitative estimate of drug-likeness (QED) is 0.682. The Bertz CT molecular complexity index is 934. The number of carbonyl (C=O) groups is 2. The molecule has 8 heteroatoms. The lowest BCUT2D eigenvalue weighted by molar-refractivity contribution is -0.114. The maximum Gasteiger partial charge on any atom is 0.341 e. The van der Waals surface area contributed by atoms with E-state index in [9.17, 15) is 9.59 Å². The molecule has 3 rings (SSSR count). The third-order valence-corrected chi connectivity index (χ3v) is 4.46. The number of esters is 1. The van der Waals surface area contributed by atoms with Crippen LogP contribution in [0.25, 0.3) is 10.8 Å². The SMILES string of the molecule is CC(=O)Nc1c(C)cccc1C(=O)OC(C)c1nnc(-c2cccs2)o1. The van der Waals surface area contributed by atoms with Crippen molar-refractivity contribution in [3.63, 3.8) is 0 Å². The summed E-state index contributed by atoms with van der Waals surface area (Å²) in [5.41, 5.74) is 1.46. The maximum absolute atomic E-state index is 12.6. The number of carbonyl (C=O) groups excluding carboxylic acids is 2. The Labute approximate surface area is 154 Å². The maximum atomic E-state index is 12.6. The summed E-state index contributed by atoms with van der Waals surface area (Å²) >= 11 is 1.48. The van der Waals surface area contributed by atoms with Gasteiger partial charge in [-0.1, -0.05) is 18.2 Å². The third kappa shape index (κ3) is 3.80. The summed E-state index contributed by atoms with van der Waals surface area (Å²) in [7, 11) is 0. The molecule has 26 heavy (non-hydrogen) atoms. The van der Waals surface area contributed by atoms with Gasteiger partial charge < -0.3 is 14.5 Å². The number of rotatable bonds is 5. The monoisotopic (exact) mass is 371 g/mol. The Hall–Kier alpha value is -3.00. The smallest absolute Gasteiger partial charge is 0.341 e. The molecule has 0 saturated heterocycles. The van der Waals surface area contributed by atoms with Crippen LogP contribution in [0.4, 0.5) is 5.69 Å². The number of hydrogen-bond donors (Lipinski definition) is 1. The topological polar surface area (TPSA) is 94.3 Å². The van der Waals surface area contributed by atoms with Gasteiger partial charge in [0.2, 0.25) is 5.91 Å². The standard InChI is InChI=1S/C18H17N3O4S/c1-10-6-4-7-13(15(10)19-12(3)22)18(23)24-11(2)16-20-21-17(25-16)14-8-5-9-26-14/h4-9,11H,1-3H3,(H,19,22). The van der Waals surface area contributed by atoms with Crippen LogP contribution in [0.5, 0.6) is 0 Å². The van der Waals surface area contributed by atoms with Crippen LogP contribution in [0, 0.1) is 6.92 Å². The first-order chi connectivity index (χ1) is 12.5. The normalized spacial score (nSPS) is 11.8. The highest BCUT2D eigenvalue weighted by Gasteiger charge is 2.22. The summed E-state index contributed by atoms with van der Waals surface area (Å²) in [4.78, 5) is 24.8. The predicted octanol–water partition coefficient (Wildman–Crippen LogP) is 3.98. The highest BCUT2D eigenvalue weighted by atomic mass is 32.1. The first-order valence-corrected chi connectivity index (χ1v) is 8.79. The molecule has 2 heterocycles. The molecule has 7 nitrogen and oxygen atoms in total. The molecule has 1 amide bonds. The van der Waals surface area contributed by atoms with Crippen molar-refractivity contribution in [2.75, 3.05) is 5.32 Å². The van der Waals surface area contributed by atoms with Gasteiger partial charge in [0.1, 0.15) is 0 Å². The van der Waals surface area contributed by atoms with E-state index in [4.69, 9.17) is 9.15 Å². The zero-order valence-corrected chi connectivity index (χ0v) is 15.3. The molecule has 2 aromatic heterocycles. The zero-order valence-electron chi connectivity index (χ0n) is 14.5. The molecule has 0 saturated carbocycles. The predicted molar refractivity (Wildman–Crippen MR) is 96.9 cm³/mol. The summed E-state index contributed by atoms with van der Waals surface area (Å²) in [6.07, 6.45) is -0.727. The molecule has 0 aliphatic carbocycles. The van der Waals surface area contributed by atoms with Gasteiger partial charge in [0.05, 0.1) is 16.1 Å². The Kier molecular flexibility index (Phi) is 5.13. The van der Waals surface area contributed by atoms with Crippen LogP contribution < -0.4 is 5.32 Å². The van der Waals surface area contributed by atoms with Crippen LogP contribution in [-0.2, 0) is 9.53 Å². The van der Waals surface area contributed by atoms with Gasteiger partial charge in [-0.2, -0.15) is 0 Å². The third-order valence-electron chi connectivity index (χ3n) is 3.60. The fourth-order valence-corrected chi connectivity index (χ4v) is 3.00. The van der Waals surface area contributed by atoms with Crippen molar-refractivity contribution in [3.05, 3.63) is 52.7 Å². The van der Waals surface area contributed by atoms with Crippen LogP contribution in [0.3, 0.4) is 0 Å². The molecule has 134 valence electrons. The minimum Gasteiger partial charge on any atom is -0.449 e. The lowest BCUT2D eigenvalue weighted by Gasteiger charge is -2.14. The van der Waals surface area contributed by atoms with Gasteiger partial charge in [-0.25, -0.2) is 4.79 Å². The summed E-state index contributed by atoms with van der Waals surface area (Å²) in [6.45, 7) is 4.84. The number of ether oxygens (including phenoxy) is 1. The van der Waals surface area contributed by atoms with Crippen LogP contribution in [-0.4, -0.2) is 22.1 Å². The number of nitrogens with zero attached hydrogens (tertiary/aromatic N) is 2. The highest BCUT2D eigenvalue weighted by Crippen LogP contribution is 2.27. The van der Waals surface area contributed by atoms with E-state index < -0.39 is 12.1 Å². The largest absolute Gasteiger partial charge is 0.449 e. The Morgan fingerprint density at radius 1 is 1.23 bits per heavy atom. The Morgan fingerprint density at radius 3 is 2.73 bits per heavy atom. The fourth-order valence-electron chi connectivity index (χ4n) is 2.35. The van der Waals surface area contributed by atoms with Crippen LogP contribution in [0.1, 0.15) is 41.8 Å². The van der Waals surface area contributed by atoms with Crippen molar-refractivity contribution in [1.82, 2.24) is 10.2 Å². The van der Waals surface area contributed by atoms with Crippen LogP contribution in [0.15, 0.2) is 40.1 Å². The first kappa shape index (κ1) is 17.8.